The minimum absolute atomic E-state index is 0.0594. The van der Waals surface area contributed by atoms with Crippen LogP contribution in [-0.2, 0) is 4.79 Å². The molecule has 2 unspecified atom stereocenters. The molecule has 0 spiro atoms. The molecule has 0 saturated carbocycles. The fourth-order valence-corrected chi connectivity index (χ4v) is 0.578. The van der Waals surface area contributed by atoms with Crippen LogP contribution in [0.3, 0.4) is 0 Å². The van der Waals surface area contributed by atoms with Crippen molar-refractivity contribution in [1.29, 1.82) is 0 Å². The molecule has 46 valence electrons. The zero-order chi connectivity index (χ0) is 6.57. The summed E-state index contributed by atoms with van der Waals surface area (Å²) in [6.45, 7) is 3.48. The van der Waals surface area contributed by atoms with Crippen molar-refractivity contribution in [2.24, 2.45) is 0 Å². The highest BCUT2D eigenvalue weighted by Crippen LogP contribution is 2.08. The summed E-state index contributed by atoms with van der Waals surface area (Å²) in [4.78, 5) is 10.3. The highest BCUT2D eigenvalue weighted by Gasteiger charge is 2.03. The Hall–Kier alpha value is 0.190. The lowest BCUT2D eigenvalue weighted by molar-refractivity contribution is -0.110. The molecule has 0 saturated heterocycles. The molecule has 0 rings (SSSR count). The smallest absolute Gasteiger partial charge is 0.193 e. The van der Waals surface area contributed by atoms with E-state index in [1.165, 1.54) is 0 Å². The molecule has 1 nitrogen and oxygen atoms in total. The average molecular weight is 148 g/mol. The summed E-state index contributed by atoms with van der Waals surface area (Å²) < 4.78 is 0. The summed E-state index contributed by atoms with van der Waals surface area (Å²) in [6, 6.07) is 0. The zero-order valence-corrected chi connectivity index (χ0v) is 6.55. The molecule has 8 heavy (non-hydrogen) atoms. The SMILES string of the molecule is C=CCC(P)C(=O)S. The van der Waals surface area contributed by atoms with Gasteiger partial charge in [-0.15, -0.1) is 28.4 Å². The van der Waals surface area contributed by atoms with E-state index in [-0.39, 0.29) is 10.8 Å². The lowest BCUT2D eigenvalue weighted by Gasteiger charge is -1.98. The van der Waals surface area contributed by atoms with Crippen molar-refractivity contribution in [3.8, 4) is 0 Å². The second-order valence-electron chi connectivity index (χ2n) is 1.47. The fraction of sp³-hybridized carbons (Fsp3) is 0.400. The van der Waals surface area contributed by atoms with Gasteiger partial charge in [-0.2, -0.15) is 0 Å². The quantitative estimate of drug-likeness (QED) is 0.362. The Morgan fingerprint density at radius 3 is 2.62 bits per heavy atom. The maximum absolute atomic E-state index is 10.3. The highest BCUT2D eigenvalue weighted by atomic mass is 32.1. The van der Waals surface area contributed by atoms with Gasteiger partial charge in [0.2, 0.25) is 0 Å². The molecule has 3 heteroatoms. The molecular formula is C5H9OPS. The van der Waals surface area contributed by atoms with Crippen LogP contribution < -0.4 is 0 Å². The van der Waals surface area contributed by atoms with Crippen LogP contribution in [0.2, 0.25) is 0 Å². The van der Waals surface area contributed by atoms with Crippen molar-refractivity contribution in [2.45, 2.75) is 12.1 Å². The van der Waals surface area contributed by atoms with Gasteiger partial charge in [-0.1, -0.05) is 6.08 Å². The first kappa shape index (κ1) is 8.19. The second kappa shape index (κ2) is 4.11. The van der Waals surface area contributed by atoms with E-state index in [0.717, 1.165) is 0 Å². The molecule has 0 aromatic heterocycles. The Morgan fingerprint density at radius 2 is 2.50 bits per heavy atom. The minimum Gasteiger partial charge on any atom is -0.287 e. The highest BCUT2D eigenvalue weighted by molar-refractivity contribution is 7.97. The topological polar surface area (TPSA) is 17.1 Å². The van der Waals surface area contributed by atoms with Gasteiger partial charge in [0.05, 0.1) is 0 Å². The van der Waals surface area contributed by atoms with Crippen molar-refractivity contribution < 1.29 is 4.79 Å². The average Bonchev–Trinajstić information content (AvgIpc) is 1.67. The number of thiol groups is 1. The van der Waals surface area contributed by atoms with Crippen molar-refractivity contribution in [3.63, 3.8) is 0 Å². The molecule has 0 fully saturated rings. The Kier molecular flexibility index (Phi) is 4.20. The van der Waals surface area contributed by atoms with E-state index in [1.807, 2.05) is 0 Å². The normalized spacial score (nSPS) is 12.8. The number of rotatable bonds is 3. The number of hydrogen-bond donors (Lipinski definition) is 1. The lowest BCUT2D eigenvalue weighted by Crippen LogP contribution is -2.04. The van der Waals surface area contributed by atoms with Crippen LogP contribution in [0, 0.1) is 0 Å². The van der Waals surface area contributed by atoms with Crippen molar-refractivity contribution in [2.75, 3.05) is 0 Å². The molecule has 0 aliphatic carbocycles. The molecule has 0 aliphatic rings. The molecular weight excluding hydrogens is 139 g/mol. The third-order valence-corrected chi connectivity index (χ3v) is 1.92. The van der Waals surface area contributed by atoms with Crippen LogP contribution >= 0.6 is 21.9 Å². The summed E-state index contributed by atoms with van der Waals surface area (Å²) in [7, 11) is 2.40. The van der Waals surface area contributed by atoms with Crippen LogP contribution in [0.5, 0.6) is 0 Å². The third kappa shape index (κ3) is 3.23. The maximum atomic E-state index is 10.3. The fourth-order valence-electron chi connectivity index (χ4n) is 0.280. The monoisotopic (exact) mass is 148 g/mol. The van der Waals surface area contributed by atoms with Gasteiger partial charge in [-0.05, 0) is 6.42 Å². The van der Waals surface area contributed by atoms with Crippen LogP contribution in [0.15, 0.2) is 12.7 Å². The summed E-state index contributed by atoms with van der Waals surface area (Å²) >= 11 is 3.62. The Bertz CT molecular complexity index is 103. The van der Waals surface area contributed by atoms with E-state index in [0.29, 0.717) is 6.42 Å². The van der Waals surface area contributed by atoms with Gasteiger partial charge < -0.3 is 0 Å². The minimum atomic E-state index is -0.102. The van der Waals surface area contributed by atoms with Crippen LogP contribution in [0.4, 0.5) is 0 Å². The third-order valence-electron chi connectivity index (χ3n) is 0.738. The van der Waals surface area contributed by atoms with E-state index < -0.39 is 0 Å². The summed E-state index contributed by atoms with van der Waals surface area (Å²) in [6.07, 6.45) is 2.39. The lowest BCUT2D eigenvalue weighted by atomic mass is 10.3. The van der Waals surface area contributed by atoms with Gasteiger partial charge in [-0.25, -0.2) is 0 Å². The van der Waals surface area contributed by atoms with E-state index in [2.05, 4.69) is 28.4 Å². The Labute approximate surface area is 57.2 Å². The van der Waals surface area contributed by atoms with Gasteiger partial charge in [0.15, 0.2) is 5.12 Å². The van der Waals surface area contributed by atoms with Crippen molar-refractivity contribution >= 4 is 27.0 Å². The van der Waals surface area contributed by atoms with E-state index in [1.54, 1.807) is 6.08 Å². The Morgan fingerprint density at radius 1 is 2.00 bits per heavy atom. The second-order valence-corrected chi connectivity index (χ2v) is 2.71. The first-order valence-electron chi connectivity index (χ1n) is 2.27. The molecule has 0 bridgehead atoms. The summed E-state index contributed by atoms with van der Waals surface area (Å²) in [5, 5.41) is -0.102. The van der Waals surface area contributed by atoms with E-state index in [9.17, 15) is 4.79 Å². The molecule has 0 aromatic rings. The molecule has 0 heterocycles. The van der Waals surface area contributed by atoms with Crippen LogP contribution in [0.25, 0.3) is 0 Å². The number of carbonyl (C=O) groups is 1. The van der Waals surface area contributed by atoms with Gasteiger partial charge in [-0.3, -0.25) is 4.79 Å². The molecule has 0 aliphatic heterocycles. The van der Waals surface area contributed by atoms with Crippen molar-refractivity contribution in [1.82, 2.24) is 0 Å². The van der Waals surface area contributed by atoms with Gasteiger partial charge in [0.1, 0.15) is 0 Å². The van der Waals surface area contributed by atoms with Crippen LogP contribution in [-0.4, -0.2) is 10.8 Å². The largest absolute Gasteiger partial charge is 0.287 e. The van der Waals surface area contributed by atoms with Gasteiger partial charge in [0.25, 0.3) is 0 Å². The molecule has 0 amide bonds. The van der Waals surface area contributed by atoms with E-state index in [4.69, 9.17) is 0 Å². The first-order chi connectivity index (χ1) is 3.68. The van der Waals surface area contributed by atoms with E-state index >= 15 is 0 Å². The number of hydrogen-bond acceptors (Lipinski definition) is 1. The molecule has 0 N–H and O–H groups in total. The van der Waals surface area contributed by atoms with Gasteiger partial charge in [0, 0.05) is 5.66 Å². The standard InChI is InChI=1S/C5H9OPS/c1-2-3-4(7)5(6)8/h2,4H,1,3,7H2,(H,6,8). The zero-order valence-electron chi connectivity index (χ0n) is 4.50. The Balaban J connectivity index is 3.46. The molecule has 0 aromatic carbocycles. The number of carbonyl (C=O) groups excluding carboxylic acids is 1. The first-order valence-corrected chi connectivity index (χ1v) is 3.39. The predicted molar refractivity (Wildman–Crippen MR) is 42.3 cm³/mol. The summed E-state index contributed by atoms with van der Waals surface area (Å²) in [5.41, 5.74) is -0.0594. The van der Waals surface area contributed by atoms with Crippen LogP contribution in [0.1, 0.15) is 6.42 Å². The number of allylic oxidation sites excluding steroid dienone is 1. The molecule has 2 atom stereocenters. The maximum Gasteiger partial charge on any atom is 0.193 e. The predicted octanol–water partition coefficient (Wildman–Crippen LogP) is 1.26. The van der Waals surface area contributed by atoms with Crippen molar-refractivity contribution in [3.05, 3.63) is 12.7 Å². The summed E-state index contributed by atoms with van der Waals surface area (Å²) in [5.74, 6) is 0. The molecule has 0 radical (unpaired) electrons. The van der Waals surface area contributed by atoms with Gasteiger partial charge >= 0.3 is 0 Å².